The fourth-order valence-electron chi connectivity index (χ4n) is 1.14. The number of hydrogen-bond acceptors (Lipinski definition) is 3. The first-order valence-electron chi connectivity index (χ1n) is 4.40. The Morgan fingerprint density at radius 2 is 2.14 bits per heavy atom. The van der Waals surface area contributed by atoms with Crippen molar-refractivity contribution >= 4 is 47.4 Å². The van der Waals surface area contributed by atoms with Gasteiger partial charge in [-0.2, -0.15) is 0 Å². The van der Waals surface area contributed by atoms with Gasteiger partial charge in [-0.05, 0) is 34.9 Å². The van der Waals surface area contributed by atoms with Crippen molar-refractivity contribution in [2.45, 2.75) is 18.1 Å². The van der Waals surface area contributed by atoms with Gasteiger partial charge in [-0.15, -0.1) is 11.3 Å². The highest BCUT2D eigenvalue weighted by Gasteiger charge is 2.14. The molecule has 1 heterocycles. The topological polar surface area (TPSA) is 20.3 Å². The molecule has 0 saturated carbocycles. The van der Waals surface area contributed by atoms with Gasteiger partial charge in [-0.3, -0.25) is 4.79 Å². The Hall–Kier alpha value is 0.250. The average molecular weight is 341 g/mol. The Morgan fingerprint density at radius 1 is 1.50 bits per heavy atom. The van der Waals surface area contributed by atoms with Crippen molar-refractivity contribution in [1.29, 1.82) is 0 Å². The van der Waals surface area contributed by atoms with E-state index in [-0.39, 0.29) is 5.91 Å². The molecule has 0 aliphatic heterocycles. The molecule has 1 amide bonds. The molecule has 78 valence electrons. The predicted molar refractivity (Wildman–Crippen MR) is 71.4 cm³/mol. The summed E-state index contributed by atoms with van der Waals surface area (Å²) >= 11 is 3.79. The maximum Gasteiger partial charge on any atom is 0.263 e. The van der Waals surface area contributed by atoms with Crippen LogP contribution in [0.3, 0.4) is 0 Å². The molecule has 0 aliphatic rings. The van der Waals surface area contributed by atoms with Crippen LogP contribution < -0.4 is 0 Å². The number of hydrogen-bond donors (Lipinski definition) is 0. The van der Waals surface area contributed by atoms with Crippen LogP contribution in [0.2, 0.25) is 0 Å². The van der Waals surface area contributed by atoms with Crippen LogP contribution >= 0.6 is 41.5 Å². The third kappa shape index (κ3) is 2.87. The molecule has 2 nitrogen and oxygen atoms in total. The highest BCUT2D eigenvalue weighted by atomic mass is 127. The number of rotatable bonds is 4. The molecule has 14 heavy (non-hydrogen) atoms. The fraction of sp³-hybridized carbons (Fsp3) is 0.444. The molecule has 0 atom stereocenters. The quantitative estimate of drug-likeness (QED) is 0.779. The lowest BCUT2D eigenvalue weighted by Gasteiger charge is -2.17. The van der Waals surface area contributed by atoms with E-state index in [1.165, 1.54) is 4.21 Å². The lowest BCUT2D eigenvalue weighted by molar-refractivity contribution is 0.0778. The van der Waals surface area contributed by atoms with Crippen LogP contribution in [0, 0.1) is 0 Å². The lowest BCUT2D eigenvalue weighted by atomic mass is 10.4. The third-order valence-electron chi connectivity index (χ3n) is 1.92. The van der Waals surface area contributed by atoms with Crippen LogP contribution in [-0.2, 0) is 0 Å². The molecule has 0 aromatic carbocycles. The highest BCUT2D eigenvalue weighted by Crippen LogP contribution is 2.32. The lowest BCUT2D eigenvalue weighted by Crippen LogP contribution is -2.29. The summed E-state index contributed by atoms with van der Waals surface area (Å²) in [7, 11) is 1.65. The smallest absolute Gasteiger partial charge is 0.263 e. The average Bonchev–Trinajstić information content (AvgIpc) is 2.67. The van der Waals surface area contributed by atoms with E-state index in [2.05, 4.69) is 21.2 Å². The van der Waals surface area contributed by atoms with E-state index in [1.54, 1.807) is 20.3 Å². The molecule has 0 N–H and O–H groups in total. The van der Waals surface area contributed by atoms with Gasteiger partial charge in [0.1, 0.15) is 0 Å². The first kappa shape index (κ1) is 12.3. The molecule has 1 aromatic heterocycles. The maximum atomic E-state index is 11.9. The van der Waals surface area contributed by atoms with E-state index in [4.69, 9.17) is 0 Å². The second-order valence-corrected chi connectivity index (χ2v) is 5.93. The number of halogens is 1. The third-order valence-corrected chi connectivity index (χ3v) is 5.89. The molecule has 5 heteroatoms. The van der Waals surface area contributed by atoms with Gasteiger partial charge in [-0.1, -0.05) is 0 Å². The Kier molecular flexibility index (Phi) is 5.25. The monoisotopic (exact) mass is 341 g/mol. The zero-order chi connectivity index (χ0) is 10.6. The number of nitrogens with zero attached hydrogens (tertiary/aromatic N) is 1. The van der Waals surface area contributed by atoms with Crippen molar-refractivity contribution in [3.63, 3.8) is 0 Å². The minimum absolute atomic E-state index is 0.150. The van der Waals surface area contributed by atoms with Gasteiger partial charge in [0.25, 0.3) is 5.91 Å². The van der Waals surface area contributed by atoms with E-state index in [0.717, 1.165) is 18.0 Å². The molecule has 1 aromatic rings. The zero-order valence-electron chi connectivity index (χ0n) is 8.12. The standard InChI is InChI=1S/C9H12INOS2/c1-3-11(4-2)9(12)7-5-6-8(13-7)14-10/h5-6H,3-4H2,1-2H3. The van der Waals surface area contributed by atoms with Crippen molar-refractivity contribution in [2.24, 2.45) is 0 Å². The second-order valence-electron chi connectivity index (χ2n) is 2.67. The summed E-state index contributed by atoms with van der Waals surface area (Å²) in [6.07, 6.45) is 0. The van der Waals surface area contributed by atoms with Crippen LogP contribution in [0.1, 0.15) is 23.5 Å². The largest absolute Gasteiger partial charge is 0.339 e. The first-order chi connectivity index (χ1) is 6.72. The Labute approximate surface area is 105 Å². The van der Waals surface area contributed by atoms with Crippen molar-refractivity contribution in [3.8, 4) is 0 Å². The van der Waals surface area contributed by atoms with E-state index < -0.39 is 0 Å². The molecular formula is C9H12INOS2. The van der Waals surface area contributed by atoms with Crippen molar-refractivity contribution < 1.29 is 4.79 Å². The summed E-state index contributed by atoms with van der Waals surface area (Å²) in [5.41, 5.74) is 0. The fourth-order valence-corrected chi connectivity index (χ4v) is 3.61. The second kappa shape index (κ2) is 5.97. The van der Waals surface area contributed by atoms with Crippen LogP contribution in [0.25, 0.3) is 0 Å². The first-order valence-corrected chi connectivity index (χ1v) is 8.58. The molecule has 0 fully saturated rings. The van der Waals surface area contributed by atoms with E-state index in [1.807, 2.05) is 30.9 Å². The Bertz CT molecular complexity index is 310. The maximum absolute atomic E-state index is 11.9. The Balaban J connectivity index is 2.77. The van der Waals surface area contributed by atoms with Gasteiger partial charge in [-0.25, -0.2) is 0 Å². The summed E-state index contributed by atoms with van der Waals surface area (Å²) in [5.74, 6) is 0.150. The summed E-state index contributed by atoms with van der Waals surface area (Å²) in [6.45, 7) is 5.56. The summed E-state index contributed by atoms with van der Waals surface area (Å²) in [6, 6.07) is 3.91. The molecule has 0 spiro atoms. The van der Waals surface area contributed by atoms with Gasteiger partial charge in [0.05, 0.1) is 9.09 Å². The zero-order valence-corrected chi connectivity index (χ0v) is 11.9. The summed E-state index contributed by atoms with van der Waals surface area (Å²) in [4.78, 5) is 14.5. The Morgan fingerprint density at radius 3 is 2.57 bits per heavy atom. The highest BCUT2D eigenvalue weighted by molar-refractivity contribution is 14.2. The van der Waals surface area contributed by atoms with Gasteiger partial charge in [0, 0.05) is 34.3 Å². The predicted octanol–water partition coefficient (Wildman–Crippen LogP) is 3.67. The number of amides is 1. The molecule has 1 rings (SSSR count). The van der Waals surface area contributed by atoms with E-state index in [0.29, 0.717) is 0 Å². The van der Waals surface area contributed by atoms with Crippen molar-refractivity contribution in [1.82, 2.24) is 4.90 Å². The van der Waals surface area contributed by atoms with Gasteiger partial charge in [0.15, 0.2) is 0 Å². The summed E-state index contributed by atoms with van der Waals surface area (Å²) < 4.78 is 1.18. The molecule has 0 bridgehead atoms. The van der Waals surface area contributed by atoms with Crippen molar-refractivity contribution in [2.75, 3.05) is 13.1 Å². The number of thiophene rings is 1. The number of carbonyl (C=O) groups is 1. The van der Waals surface area contributed by atoms with Crippen LogP contribution in [0.4, 0.5) is 0 Å². The van der Waals surface area contributed by atoms with Gasteiger partial charge >= 0.3 is 0 Å². The molecule has 0 saturated heterocycles. The SMILES string of the molecule is CCN(CC)C(=O)c1ccc(SI)s1. The van der Waals surface area contributed by atoms with Crippen molar-refractivity contribution in [3.05, 3.63) is 17.0 Å². The molecule has 0 radical (unpaired) electrons. The van der Waals surface area contributed by atoms with E-state index >= 15 is 0 Å². The van der Waals surface area contributed by atoms with Crippen LogP contribution in [0.5, 0.6) is 0 Å². The normalized spacial score (nSPS) is 10.2. The van der Waals surface area contributed by atoms with Gasteiger partial charge in [0.2, 0.25) is 0 Å². The molecular weight excluding hydrogens is 329 g/mol. The van der Waals surface area contributed by atoms with E-state index in [9.17, 15) is 4.79 Å². The summed E-state index contributed by atoms with van der Waals surface area (Å²) in [5, 5.41) is 0. The van der Waals surface area contributed by atoms with Crippen LogP contribution in [0.15, 0.2) is 16.3 Å². The minimum Gasteiger partial charge on any atom is -0.339 e. The van der Waals surface area contributed by atoms with Crippen LogP contribution in [-0.4, -0.2) is 23.9 Å². The molecule has 0 aliphatic carbocycles. The molecule has 0 unspecified atom stereocenters. The van der Waals surface area contributed by atoms with Gasteiger partial charge < -0.3 is 4.90 Å². The minimum atomic E-state index is 0.150. The number of carbonyl (C=O) groups excluding carboxylic acids is 1.